The number of urea groups is 1. The molecule has 0 aromatic rings. The van der Waals surface area contributed by atoms with Crippen molar-refractivity contribution in [3.8, 4) is 0 Å². The summed E-state index contributed by atoms with van der Waals surface area (Å²) in [6.07, 6.45) is 1.75. The van der Waals surface area contributed by atoms with Crippen LogP contribution in [0.3, 0.4) is 0 Å². The van der Waals surface area contributed by atoms with Crippen LogP contribution in [0.4, 0.5) is 4.79 Å². The molecular formula is C8H15N2O3+. The van der Waals surface area contributed by atoms with Crippen molar-refractivity contribution in [1.82, 2.24) is 0 Å². The van der Waals surface area contributed by atoms with Crippen LogP contribution in [0.25, 0.3) is 0 Å². The van der Waals surface area contributed by atoms with E-state index >= 15 is 0 Å². The lowest BCUT2D eigenvalue weighted by molar-refractivity contribution is -0.759. The standard InChI is InChI=1S/C8H14N2O3/c1-13-6-7(11)10(8(9)12)4-2-3-5-10/h2-6H2,1H3,(H-,9,12)/p+1. The normalized spacial score (nSPS) is 20.1. The number of amides is 3. The van der Waals surface area contributed by atoms with Crippen molar-refractivity contribution in [3.63, 3.8) is 0 Å². The molecule has 3 amide bonds. The maximum atomic E-state index is 11.6. The van der Waals surface area contributed by atoms with E-state index in [1.807, 2.05) is 0 Å². The first-order valence-corrected chi connectivity index (χ1v) is 4.33. The van der Waals surface area contributed by atoms with E-state index in [4.69, 9.17) is 10.5 Å². The summed E-state index contributed by atoms with van der Waals surface area (Å²) < 4.78 is 4.49. The summed E-state index contributed by atoms with van der Waals surface area (Å²) in [7, 11) is 1.44. The minimum atomic E-state index is -0.556. The number of nitrogens with two attached hydrogens (primary N) is 1. The smallest absolute Gasteiger partial charge is 0.370 e. The van der Waals surface area contributed by atoms with Crippen molar-refractivity contribution in [2.45, 2.75) is 12.8 Å². The predicted octanol–water partition coefficient (Wildman–Crippen LogP) is -0.151. The summed E-state index contributed by atoms with van der Waals surface area (Å²) in [6, 6.07) is -0.556. The lowest BCUT2D eigenvalue weighted by Gasteiger charge is -2.25. The number of ether oxygens (including phenoxy) is 1. The van der Waals surface area contributed by atoms with Gasteiger partial charge in [0.15, 0.2) is 6.61 Å². The third-order valence-electron chi connectivity index (χ3n) is 2.50. The van der Waals surface area contributed by atoms with Gasteiger partial charge in [0.05, 0.1) is 13.1 Å². The van der Waals surface area contributed by atoms with Crippen LogP contribution in [0.2, 0.25) is 0 Å². The molecule has 1 fully saturated rings. The topological polar surface area (TPSA) is 69.4 Å². The summed E-state index contributed by atoms with van der Waals surface area (Å²) in [5.41, 5.74) is 5.22. The number of carbonyl (C=O) groups is 2. The van der Waals surface area contributed by atoms with E-state index in [0.717, 1.165) is 12.8 Å². The lowest BCUT2D eigenvalue weighted by Crippen LogP contribution is -2.58. The van der Waals surface area contributed by atoms with Crippen LogP contribution < -0.4 is 5.73 Å². The summed E-state index contributed by atoms with van der Waals surface area (Å²) in [4.78, 5) is 22.7. The van der Waals surface area contributed by atoms with E-state index in [1.165, 1.54) is 7.11 Å². The lowest BCUT2D eigenvalue weighted by atomic mass is 10.4. The number of methoxy groups -OCH3 is 1. The number of likely N-dealkylation sites (tertiary alicyclic amines) is 1. The minimum absolute atomic E-state index is 0.0388. The van der Waals surface area contributed by atoms with Gasteiger partial charge in [-0.15, -0.1) is 0 Å². The van der Waals surface area contributed by atoms with E-state index in [2.05, 4.69) is 0 Å². The zero-order chi connectivity index (χ0) is 9.90. The maximum absolute atomic E-state index is 11.6. The fraction of sp³-hybridized carbons (Fsp3) is 0.750. The molecule has 1 aliphatic heterocycles. The Labute approximate surface area is 77.0 Å². The molecule has 74 valence electrons. The molecule has 0 atom stereocenters. The molecular weight excluding hydrogens is 172 g/mol. The van der Waals surface area contributed by atoms with E-state index < -0.39 is 6.03 Å². The van der Waals surface area contributed by atoms with Crippen molar-refractivity contribution in [1.29, 1.82) is 0 Å². The first-order chi connectivity index (χ1) is 6.13. The Bertz CT molecular complexity index is 221. The van der Waals surface area contributed by atoms with Gasteiger partial charge in [-0.3, -0.25) is 0 Å². The summed E-state index contributed by atoms with van der Waals surface area (Å²) in [5, 5.41) is 0. The van der Waals surface area contributed by atoms with Gasteiger partial charge in [-0.2, -0.15) is 4.48 Å². The highest BCUT2D eigenvalue weighted by molar-refractivity contribution is 5.83. The Morgan fingerprint density at radius 2 is 1.92 bits per heavy atom. The fourth-order valence-electron chi connectivity index (χ4n) is 1.71. The number of quaternary nitrogens is 1. The molecule has 13 heavy (non-hydrogen) atoms. The monoisotopic (exact) mass is 187 g/mol. The zero-order valence-electron chi connectivity index (χ0n) is 7.78. The van der Waals surface area contributed by atoms with Crippen molar-refractivity contribution in [3.05, 3.63) is 0 Å². The molecule has 5 heteroatoms. The highest BCUT2D eigenvalue weighted by Gasteiger charge is 2.45. The maximum Gasteiger partial charge on any atom is 0.421 e. The van der Waals surface area contributed by atoms with Gasteiger partial charge >= 0.3 is 11.9 Å². The number of hydrogen-bond acceptors (Lipinski definition) is 3. The van der Waals surface area contributed by atoms with Gasteiger partial charge in [0.2, 0.25) is 0 Å². The second-order valence-corrected chi connectivity index (χ2v) is 3.29. The van der Waals surface area contributed by atoms with Crippen molar-refractivity contribution < 1.29 is 18.8 Å². The van der Waals surface area contributed by atoms with Crippen LogP contribution in [0.15, 0.2) is 0 Å². The van der Waals surface area contributed by atoms with Gasteiger partial charge in [0.1, 0.15) is 0 Å². The SMILES string of the molecule is COCC(=O)[N+]1(C(N)=O)CCCC1. The van der Waals surface area contributed by atoms with Gasteiger partial charge in [-0.05, 0) is 0 Å². The number of carbonyl (C=O) groups excluding carboxylic acids is 2. The average Bonchev–Trinajstić information content (AvgIpc) is 2.53. The third-order valence-corrected chi connectivity index (χ3v) is 2.50. The molecule has 0 aromatic carbocycles. The largest absolute Gasteiger partial charge is 0.421 e. The Morgan fingerprint density at radius 3 is 2.31 bits per heavy atom. The summed E-state index contributed by atoms with van der Waals surface area (Å²) >= 11 is 0. The van der Waals surface area contributed by atoms with Gasteiger partial charge in [-0.25, -0.2) is 9.59 Å². The molecule has 0 aromatic heterocycles. The number of primary amides is 1. The molecule has 1 rings (SSSR count). The molecule has 0 saturated carbocycles. The third kappa shape index (κ3) is 1.71. The van der Waals surface area contributed by atoms with Crippen molar-refractivity contribution >= 4 is 11.9 Å². The highest BCUT2D eigenvalue weighted by Crippen LogP contribution is 2.19. The molecule has 0 unspecified atom stereocenters. The Hall–Kier alpha value is -0.940. The molecule has 5 nitrogen and oxygen atoms in total. The van der Waals surface area contributed by atoms with Crippen LogP contribution in [0, 0.1) is 0 Å². The van der Waals surface area contributed by atoms with Crippen molar-refractivity contribution in [2.75, 3.05) is 26.8 Å². The predicted molar refractivity (Wildman–Crippen MR) is 45.7 cm³/mol. The van der Waals surface area contributed by atoms with E-state index in [-0.39, 0.29) is 17.0 Å². The van der Waals surface area contributed by atoms with Crippen LogP contribution in [-0.2, 0) is 9.53 Å². The molecule has 0 spiro atoms. The van der Waals surface area contributed by atoms with Crippen LogP contribution in [-0.4, -0.2) is 43.2 Å². The average molecular weight is 187 g/mol. The second-order valence-electron chi connectivity index (χ2n) is 3.29. The van der Waals surface area contributed by atoms with Crippen LogP contribution >= 0.6 is 0 Å². The fourth-order valence-corrected chi connectivity index (χ4v) is 1.71. The first kappa shape index (κ1) is 10.1. The summed E-state index contributed by atoms with van der Waals surface area (Å²) in [5.74, 6) is -0.229. The molecule has 0 bridgehead atoms. The second kappa shape index (κ2) is 3.85. The number of hydrogen-bond donors (Lipinski definition) is 1. The Kier molecular flexibility index (Phi) is 3.00. The first-order valence-electron chi connectivity index (χ1n) is 4.33. The van der Waals surface area contributed by atoms with Gasteiger partial charge in [-0.1, -0.05) is 0 Å². The van der Waals surface area contributed by atoms with Gasteiger partial charge in [0, 0.05) is 20.0 Å². The van der Waals surface area contributed by atoms with Crippen LogP contribution in [0.1, 0.15) is 12.8 Å². The number of nitrogens with zero attached hydrogens (tertiary/aromatic N) is 1. The molecule has 2 N–H and O–H groups in total. The number of rotatable bonds is 2. The van der Waals surface area contributed by atoms with Gasteiger partial charge in [0.25, 0.3) is 0 Å². The molecule has 0 radical (unpaired) electrons. The Morgan fingerprint density at radius 1 is 1.38 bits per heavy atom. The molecule has 1 saturated heterocycles. The number of imide groups is 1. The Balaban J connectivity index is 2.78. The zero-order valence-corrected chi connectivity index (χ0v) is 7.78. The van der Waals surface area contributed by atoms with Gasteiger partial charge < -0.3 is 10.5 Å². The molecule has 0 aliphatic carbocycles. The molecule has 1 aliphatic rings. The van der Waals surface area contributed by atoms with Crippen LogP contribution in [0.5, 0.6) is 0 Å². The van der Waals surface area contributed by atoms with E-state index in [0.29, 0.717) is 13.1 Å². The molecule has 1 heterocycles. The minimum Gasteiger partial charge on any atom is -0.370 e. The quantitative estimate of drug-likeness (QED) is 0.611. The van der Waals surface area contributed by atoms with E-state index in [9.17, 15) is 9.59 Å². The summed E-state index contributed by atoms with van der Waals surface area (Å²) in [6.45, 7) is 1.01. The van der Waals surface area contributed by atoms with Crippen molar-refractivity contribution in [2.24, 2.45) is 5.73 Å². The highest BCUT2D eigenvalue weighted by atomic mass is 16.5. The van der Waals surface area contributed by atoms with E-state index in [1.54, 1.807) is 0 Å².